The highest BCUT2D eigenvalue weighted by atomic mass is 16.5. The number of likely N-dealkylation sites (tertiary alicyclic amines) is 1. The van der Waals surface area contributed by atoms with Crippen LogP contribution < -0.4 is 0 Å². The molecule has 0 amide bonds. The summed E-state index contributed by atoms with van der Waals surface area (Å²) in [6, 6.07) is 18.7. The van der Waals surface area contributed by atoms with E-state index in [9.17, 15) is 0 Å². The summed E-state index contributed by atoms with van der Waals surface area (Å²) in [7, 11) is 0. The third kappa shape index (κ3) is 6.25. The van der Waals surface area contributed by atoms with Gasteiger partial charge >= 0.3 is 0 Å². The van der Waals surface area contributed by atoms with E-state index in [-0.39, 0.29) is 11.3 Å². The van der Waals surface area contributed by atoms with Gasteiger partial charge in [-0.2, -0.15) is 0 Å². The van der Waals surface area contributed by atoms with Crippen molar-refractivity contribution < 1.29 is 9.47 Å². The van der Waals surface area contributed by atoms with E-state index in [1.807, 2.05) is 12.1 Å². The number of ether oxygens (including phenoxy) is 2. The Labute approximate surface area is 180 Å². The molecule has 3 rings (SSSR count). The van der Waals surface area contributed by atoms with Gasteiger partial charge in [0.1, 0.15) is 0 Å². The number of rotatable bonds is 10. The number of nitrogens with zero attached hydrogens (tertiary/aromatic N) is 1. The molecule has 2 N–H and O–H groups in total. The molecular weight excluding hydrogens is 374 g/mol. The highest BCUT2D eigenvalue weighted by molar-refractivity contribution is 5.95. The van der Waals surface area contributed by atoms with Crippen molar-refractivity contribution in [3.8, 4) is 0 Å². The predicted molar refractivity (Wildman–Crippen MR) is 121 cm³/mol. The van der Waals surface area contributed by atoms with E-state index in [0.29, 0.717) is 5.56 Å². The summed E-state index contributed by atoms with van der Waals surface area (Å²) in [5.74, 6) is 0.00801. The number of benzene rings is 2. The lowest BCUT2D eigenvalue weighted by Gasteiger charge is -2.42. The maximum atomic E-state index is 7.76. The second-order valence-electron chi connectivity index (χ2n) is 8.16. The lowest BCUT2D eigenvalue weighted by Crippen LogP contribution is -2.42. The van der Waals surface area contributed by atoms with Gasteiger partial charge in [0.2, 0.25) is 5.90 Å². The van der Waals surface area contributed by atoms with Crippen molar-refractivity contribution in [2.75, 3.05) is 26.3 Å². The van der Waals surface area contributed by atoms with Crippen LogP contribution in [-0.2, 0) is 22.4 Å². The Morgan fingerprint density at radius 1 is 1.03 bits per heavy atom. The Kier molecular flexibility index (Phi) is 8.17. The molecule has 160 valence electrons. The molecule has 5 nitrogen and oxygen atoms in total. The number of hydrogen-bond acceptors (Lipinski definition) is 5. The van der Waals surface area contributed by atoms with Crippen molar-refractivity contribution in [1.29, 1.82) is 10.8 Å². The molecule has 0 aromatic heterocycles. The van der Waals surface area contributed by atoms with Crippen LogP contribution in [0.2, 0.25) is 0 Å². The smallest absolute Gasteiger partial charge is 0.220 e. The summed E-state index contributed by atoms with van der Waals surface area (Å²) < 4.78 is 10.7. The van der Waals surface area contributed by atoms with Gasteiger partial charge in [0, 0.05) is 18.7 Å². The summed E-state index contributed by atoms with van der Waals surface area (Å²) in [6.45, 7) is 6.79. The first-order valence-electron chi connectivity index (χ1n) is 10.8. The highest BCUT2D eigenvalue weighted by Crippen LogP contribution is 2.37. The van der Waals surface area contributed by atoms with Gasteiger partial charge in [-0.3, -0.25) is 15.7 Å². The molecule has 0 radical (unpaired) electrons. The van der Waals surface area contributed by atoms with E-state index >= 15 is 0 Å². The van der Waals surface area contributed by atoms with Gasteiger partial charge < -0.3 is 9.47 Å². The normalized spacial score (nSPS) is 16.2. The number of aryl methyl sites for hydroxylation is 1. The second-order valence-corrected chi connectivity index (χ2v) is 8.16. The second kappa shape index (κ2) is 11.0. The van der Waals surface area contributed by atoms with E-state index in [2.05, 4.69) is 54.3 Å². The molecule has 0 unspecified atom stereocenters. The lowest BCUT2D eigenvalue weighted by molar-refractivity contribution is -0.00232. The lowest BCUT2D eigenvalue weighted by atomic mass is 9.74. The number of nitrogens with one attached hydrogen (secondary N) is 2. The molecular formula is C25H33N3O2. The van der Waals surface area contributed by atoms with Gasteiger partial charge in [-0.1, -0.05) is 42.5 Å². The van der Waals surface area contributed by atoms with Crippen molar-refractivity contribution in [2.45, 2.75) is 39.2 Å². The quantitative estimate of drug-likeness (QED) is 0.435. The zero-order valence-electron chi connectivity index (χ0n) is 17.9. The topological polar surface area (TPSA) is 69.4 Å². The van der Waals surface area contributed by atoms with Crippen LogP contribution in [0, 0.1) is 16.2 Å². The first-order valence-corrected chi connectivity index (χ1v) is 10.8. The molecule has 0 saturated carbocycles. The molecule has 1 aliphatic heterocycles. The standard InChI is InChI=1S/C25H33N3O2/c1-2-29-19-25(13-12-21-6-4-3-5-7-21)14-16-28(17-15-25)18-22-8-10-23(11-9-22)24(27)30-20-26/h3-11,20,26-27H,2,12-19H2,1H3. The molecule has 30 heavy (non-hydrogen) atoms. The van der Waals surface area contributed by atoms with E-state index in [4.69, 9.17) is 20.3 Å². The van der Waals surface area contributed by atoms with Crippen molar-refractivity contribution in [1.82, 2.24) is 4.90 Å². The summed E-state index contributed by atoms with van der Waals surface area (Å²) in [4.78, 5) is 2.52. The Hall–Kier alpha value is -2.50. The highest BCUT2D eigenvalue weighted by Gasteiger charge is 2.34. The number of piperidine rings is 1. The minimum Gasteiger partial charge on any atom is -0.428 e. The molecule has 0 spiro atoms. The summed E-state index contributed by atoms with van der Waals surface area (Å²) in [6.07, 6.45) is 5.40. The van der Waals surface area contributed by atoms with Crippen molar-refractivity contribution in [2.24, 2.45) is 5.41 Å². The molecule has 5 heteroatoms. The van der Waals surface area contributed by atoms with Gasteiger partial charge in [-0.25, -0.2) is 0 Å². The average molecular weight is 408 g/mol. The van der Waals surface area contributed by atoms with E-state index < -0.39 is 0 Å². The molecule has 0 atom stereocenters. The fourth-order valence-corrected chi connectivity index (χ4v) is 4.17. The van der Waals surface area contributed by atoms with Crippen LogP contribution in [0.4, 0.5) is 0 Å². The van der Waals surface area contributed by atoms with Crippen molar-refractivity contribution >= 4 is 12.3 Å². The zero-order valence-corrected chi connectivity index (χ0v) is 17.9. The molecule has 1 aliphatic rings. The van der Waals surface area contributed by atoms with Crippen LogP contribution in [0.3, 0.4) is 0 Å². The van der Waals surface area contributed by atoms with Gasteiger partial charge in [0.15, 0.2) is 6.40 Å². The SMILES string of the molecule is CCOCC1(CCc2ccccc2)CCN(Cc2ccc(C(=N)OC=N)cc2)CC1. The summed E-state index contributed by atoms with van der Waals surface area (Å²) in [5.41, 5.74) is 3.61. The maximum absolute atomic E-state index is 7.76. The first kappa shape index (κ1) is 22.2. The van der Waals surface area contributed by atoms with Crippen LogP contribution in [0.5, 0.6) is 0 Å². The van der Waals surface area contributed by atoms with Crippen LogP contribution in [0.1, 0.15) is 42.9 Å². The molecule has 0 bridgehead atoms. The molecule has 0 aliphatic carbocycles. The Balaban J connectivity index is 1.55. The van der Waals surface area contributed by atoms with Gasteiger partial charge in [0.25, 0.3) is 0 Å². The van der Waals surface area contributed by atoms with Crippen LogP contribution in [-0.4, -0.2) is 43.5 Å². The molecule has 1 fully saturated rings. The van der Waals surface area contributed by atoms with E-state index in [0.717, 1.165) is 58.5 Å². The number of hydrogen-bond donors (Lipinski definition) is 2. The molecule has 2 aromatic rings. The van der Waals surface area contributed by atoms with Crippen LogP contribution in [0.15, 0.2) is 54.6 Å². The first-order chi connectivity index (χ1) is 14.6. The predicted octanol–water partition coefficient (Wildman–Crippen LogP) is 4.89. The Morgan fingerprint density at radius 2 is 1.73 bits per heavy atom. The fraction of sp³-hybridized carbons (Fsp3) is 0.440. The monoisotopic (exact) mass is 407 g/mol. The average Bonchev–Trinajstić information content (AvgIpc) is 2.79. The largest absolute Gasteiger partial charge is 0.428 e. The van der Waals surface area contributed by atoms with Crippen molar-refractivity contribution in [3.63, 3.8) is 0 Å². The third-order valence-corrected chi connectivity index (χ3v) is 6.12. The molecule has 1 saturated heterocycles. The van der Waals surface area contributed by atoms with Gasteiger partial charge in [-0.05, 0) is 74.4 Å². The summed E-state index contributed by atoms with van der Waals surface area (Å²) in [5, 5.41) is 14.7. The van der Waals surface area contributed by atoms with Crippen LogP contribution >= 0.6 is 0 Å². The van der Waals surface area contributed by atoms with Crippen LogP contribution in [0.25, 0.3) is 0 Å². The van der Waals surface area contributed by atoms with E-state index in [1.165, 1.54) is 17.5 Å². The van der Waals surface area contributed by atoms with E-state index in [1.54, 1.807) is 0 Å². The van der Waals surface area contributed by atoms with Gasteiger partial charge in [0.05, 0.1) is 6.61 Å². The Morgan fingerprint density at radius 3 is 2.37 bits per heavy atom. The minimum atomic E-state index is 0.00801. The third-order valence-electron chi connectivity index (χ3n) is 6.12. The fourth-order valence-electron chi connectivity index (χ4n) is 4.17. The Bertz CT molecular complexity index is 797. The van der Waals surface area contributed by atoms with Crippen molar-refractivity contribution in [3.05, 3.63) is 71.3 Å². The zero-order chi connectivity index (χ0) is 21.2. The molecule has 1 heterocycles. The molecule has 2 aromatic carbocycles. The summed E-state index contributed by atoms with van der Waals surface area (Å²) >= 11 is 0. The minimum absolute atomic E-state index is 0.00801. The van der Waals surface area contributed by atoms with Gasteiger partial charge in [-0.15, -0.1) is 0 Å². The maximum Gasteiger partial charge on any atom is 0.220 e.